The zero-order valence-corrected chi connectivity index (χ0v) is 17.6. The van der Waals surface area contributed by atoms with E-state index in [9.17, 15) is 9.59 Å². The summed E-state index contributed by atoms with van der Waals surface area (Å²) in [6.07, 6.45) is 0. The van der Waals surface area contributed by atoms with Gasteiger partial charge in [-0.3, -0.25) is 9.59 Å². The maximum atomic E-state index is 13.4. The van der Waals surface area contributed by atoms with Crippen LogP contribution in [0.4, 0.5) is 0 Å². The molecule has 0 unspecified atom stereocenters. The second-order valence-corrected chi connectivity index (χ2v) is 7.83. The standard InChI is InChI=1S/C24H18ClN3O4/c25-17-5-3-4-16(11-17)24(30)28(12-15-8-9-20-21(10-15)32-14-31-20)13-22-26-19-7-2-1-6-18(19)23(29)27-22/h1-11H,12-14H2,(H,26,27,29). The van der Waals surface area contributed by atoms with E-state index in [2.05, 4.69) is 9.97 Å². The summed E-state index contributed by atoms with van der Waals surface area (Å²) in [4.78, 5) is 34.8. The van der Waals surface area contributed by atoms with Crippen molar-refractivity contribution in [3.8, 4) is 11.5 Å². The van der Waals surface area contributed by atoms with Gasteiger partial charge < -0.3 is 19.4 Å². The first-order valence-electron chi connectivity index (χ1n) is 9.98. The van der Waals surface area contributed by atoms with Crippen molar-refractivity contribution in [3.05, 3.63) is 99.1 Å². The Bertz CT molecular complexity index is 1390. The van der Waals surface area contributed by atoms with Crippen LogP contribution in [0.15, 0.2) is 71.5 Å². The number of halogens is 1. The fraction of sp³-hybridized carbons (Fsp3) is 0.125. The third kappa shape index (κ3) is 4.02. The van der Waals surface area contributed by atoms with E-state index in [1.165, 1.54) is 0 Å². The molecule has 0 atom stereocenters. The van der Waals surface area contributed by atoms with Gasteiger partial charge in [-0.05, 0) is 48.0 Å². The first-order chi connectivity index (χ1) is 15.6. The molecule has 2 heterocycles. The van der Waals surface area contributed by atoms with Crippen LogP contribution in [-0.4, -0.2) is 27.6 Å². The molecule has 1 aromatic heterocycles. The molecule has 0 bridgehead atoms. The summed E-state index contributed by atoms with van der Waals surface area (Å²) in [6, 6.07) is 19.4. The van der Waals surface area contributed by atoms with Crippen LogP contribution in [0, 0.1) is 0 Å². The molecule has 1 aliphatic rings. The minimum absolute atomic E-state index is 0.111. The molecule has 32 heavy (non-hydrogen) atoms. The van der Waals surface area contributed by atoms with Gasteiger partial charge in [-0.15, -0.1) is 0 Å². The molecular formula is C24H18ClN3O4. The lowest BCUT2D eigenvalue weighted by Gasteiger charge is -2.23. The quantitative estimate of drug-likeness (QED) is 0.497. The van der Waals surface area contributed by atoms with Crippen LogP contribution in [0.2, 0.25) is 5.02 Å². The molecular weight excluding hydrogens is 430 g/mol. The lowest BCUT2D eigenvalue weighted by molar-refractivity contribution is 0.0725. The lowest BCUT2D eigenvalue weighted by Crippen LogP contribution is -2.31. The van der Waals surface area contributed by atoms with E-state index in [0.717, 1.165) is 5.56 Å². The number of para-hydroxylation sites is 1. The zero-order chi connectivity index (χ0) is 22.1. The van der Waals surface area contributed by atoms with Gasteiger partial charge in [0, 0.05) is 17.1 Å². The Morgan fingerprint density at radius 1 is 1.00 bits per heavy atom. The van der Waals surface area contributed by atoms with Gasteiger partial charge in [0.25, 0.3) is 11.5 Å². The number of H-pyrrole nitrogens is 1. The number of nitrogens with one attached hydrogen (secondary N) is 1. The number of carbonyl (C=O) groups excluding carboxylic acids is 1. The third-order valence-electron chi connectivity index (χ3n) is 5.17. The van der Waals surface area contributed by atoms with Crippen LogP contribution in [0.5, 0.6) is 11.5 Å². The number of benzene rings is 3. The normalized spacial score (nSPS) is 12.2. The molecule has 4 aromatic rings. The number of aromatic amines is 1. The van der Waals surface area contributed by atoms with Crippen molar-refractivity contribution in [2.24, 2.45) is 0 Å². The molecule has 7 nitrogen and oxygen atoms in total. The Morgan fingerprint density at radius 3 is 2.72 bits per heavy atom. The Hall–Kier alpha value is -3.84. The monoisotopic (exact) mass is 447 g/mol. The van der Waals surface area contributed by atoms with Crippen molar-refractivity contribution >= 4 is 28.4 Å². The predicted molar refractivity (Wildman–Crippen MR) is 120 cm³/mol. The second-order valence-electron chi connectivity index (χ2n) is 7.39. The predicted octanol–water partition coefficient (Wildman–Crippen LogP) is 4.15. The summed E-state index contributed by atoms with van der Waals surface area (Å²) in [5.41, 5.74) is 1.63. The lowest BCUT2D eigenvalue weighted by atomic mass is 10.1. The Kier molecular flexibility index (Phi) is 5.25. The molecule has 3 aromatic carbocycles. The first kappa shape index (κ1) is 20.1. The Morgan fingerprint density at radius 2 is 1.84 bits per heavy atom. The highest BCUT2D eigenvalue weighted by atomic mass is 35.5. The zero-order valence-electron chi connectivity index (χ0n) is 16.9. The molecule has 1 aliphatic heterocycles. The van der Waals surface area contributed by atoms with E-state index in [4.69, 9.17) is 21.1 Å². The molecule has 8 heteroatoms. The van der Waals surface area contributed by atoms with Crippen molar-refractivity contribution in [1.29, 1.82) is 0 Å². The summed E-state index contributed by atoms with van der Waals surface area (Å²) < 4.78 is 10.8. The number of amides is 1. The summed E-state index contributed by atoms with van der Waals surface area (Å²) in [6.45, 7) is 0.560. The maximum absolute atomic E-state index is 13.4. The van der Waals surface area contributed by atoms with Gasteiger partial charge in [-0.1, -0.05) is 35.9 Å². The number of nitrogens with zero attached hydrogens (tertiary/aromatic N) is 2. The number of ether oxygens (including phenoxy) is 2. The van der Waals surface area contributed by atoms with Crippen molar-refractivity contribution in [2.45, 2.75) is 13.1 Å². The number of fused-ring (bicyclic) bond motifs is 2. The second kappa shape index (κ2) is 8.36. The maximum Gasteiger partial charge on any atom is 0.258 e. The van der Waals surface area contributed by atoms with Gasteiger partial charge in [0.1, 0.15) is 5.82 Å². The fourth-order valence-electron chi connectivity index (χ4n) is 3.65. The Labute approximate surface area is 188 Å². The topological polar surface area (TPSA) is 84.5 Å². The summed E-state index contributed by atoms with van der Waals surface area (Å²) >= 11 is 6.10. The summed E-state index contributed by atoms with van der Waals surface area (Å²) in [5.74, 6) is 1.46. The van der Waals surface area contributed by atoms with Crippen molar-refractivity contribution < 1.29 is 14.3 Å². The van der Waals surface area contributed by atoms with Gasteiger partial charge in [-0.2, -0.15) is 0 Å². The third-order valence-corrected chi connectivity index (χ3v) is 5.41. The fourth-order valence-corrected chi connectivity index (χ4v) is 3.84. The SMILES string of the molecule is O=C(c1cccc(Cl)c1)N(Cc1ccc2c(c1)OCO2)Cc1nc2ccccc2c(=O)[nH]1. The van der Waals surface area contributed by atoms with Crippen LogP contribution in [0.3, 0.4) is 0 Å². The molecule has 0 fully saturated rings. The number of hydrogen-bond acceptors (Lipinski definition) is 5. The van der Waals surface area contributed by atoms with Gasteiger partial charge in [0.05, 0.1) is 17.4 Å². The molecule has 0 spiro atoms. The minimum Gasteiger partial charge on any atom is -0.454 e. The number of carbonyl (C=O) groups is 1. The van der Waals surface area contributed by atoms with E-state index < -0.39 is 0 Å². The molecule has 0 saturated carbocycles. The van der Waals surface area contributed by atoms with Crippen LogP contribution in [0.1, 0.15) is 21.7 Å². The van der Waals surface area contributed by atoms with E-state index in [-0.39, 0.29) is 31.3 Å². The molecule has 0 aliphatic carbocycles. The van der Waals surface area contributed by atoms with E-state index >= 15 is 0 Å². The van der Waals surface area contributed by atoms with Crippen LogP contribution in [-0.2, 0) is 13.1 Å². The van der Waals surface area contributed by atoms with Gasteiger partial charge in [0.15, 0.2) is 11.5 Å². The minimum atomic E-state index is -0.246. The molecule has 5 rings (SSSR count). The van der Waals surface area contributed by atoms with Crippen LogP contribution < -0.4 is 15.0 Å². The van der Waals surface area contributed by atoms with Crippen molar-refractivity contribution in [2.75, 3.05) is 6.79 Å². The largest absolute Gasteiger partial charge is 0.454 e. The average Bonchev–Trinajstić information content (AvgIpc) is 3.26. The van der Waals surface area contributed by atoms with E-state index in [1.807, 2.05) is 24.3 Å². The number of hydrogen-bond donors (Lipinski definition) is 1. The van der Waals surface area contributed by atoms with Crippen LogP contribution in [0.25, 0.3) is 10.9 Å². The highest BCUT2D eigenvalue weighted by molar-refractivity contribution is 6.30. The number of rotatable bonds is 5. The molecule has 0 saturated heterocycles. The molecule has 160 valence electrons. The Balaban J connectivity index is 1.50. The molecule has 1 amide bonds. The van der Waals surface area contributed by atoms with Gasteiger partial charge in [0.2, 0.25) is 6.79 Å². The van der Waals surface area contributed by atoms with Crippen LogP contribution >= 0.6 is 11.6 Å². The van der Waals surface area contributed by atoms with E-state index in [1.54, 1.807) is 47.4 Å². The van der Waals surface area contributed by atoms with Gasteiger partial charge in [-0.25, -0.2) is 4.98 Å². The summed E-state index contributed by atoms with van der Waals surface area (Å²) in [7, 11) is 0. The van der Waals surface area contributed by atoms with Crippen molar-refractivity contribution in [3.63, 3.8) is 0 Å². The first-order valence-corrected chi connectivity index (χ1v) is 10.4. The highest BCUT2D eigenvalue weighted by Gasteiger charge is 2.20. The van der Waals surface area contributed by atoms with Crippen molar-refractivity contribution in [1.82, 2.24) is 14.9 Å². The average molecular weight is 448 g/mol. The summed E-state index contributed by atoms with van der Waals surface area (Å²) in [5, 5.41) is 0.968. The highest BCUT2D eigenvalue weighted by Crippen LogP contribution is 2.33. The molecule has 0 radical (unpaired) electrons. The van der Waals surface area contributed by atoms with E-state index in [0.29, 0.717) is 38.8 Å². The molecule has 1 N–H and O–H groups in total. The smallest absolute Gasteiger partial charge is 0.258 e. The number of aromatic nitrogens is 2. The van der Waals surface area contributed by atoms with Gasteiger partial charge >= 0.3 is 0 Å².